The van der Waals surface area contributed by atoms with E-state index in [-0.39, 0.29) is 34.5 Å². The van der Waals surface area contributed by atoms with Gasteiger partial charge in [-0.1, -0.05) is 19.9 Å². The number of likely N-dealkylation sites (N-methyl/N-ethyl adjacent to an activating group) is 1. The van der Waals surface area contributed by atoms with Crippen LogP contribution in [0.1, 0.15) is 64.7 Å². The lowest BCUT2D eigenvalue weighted by Crippen LogP contribution is -2.56. The van der Waals surface area contributed by atoms with Crippen LogP contribution < -0.4 is 0 Å². The molecule has 1 fully saturated rings. The van der Waals surface area contributed by atoms with Crippen LogP contribution in [0.5, 0.6) is 0 Å². The van der Waals surface area contributed by atoms with Gasteiger partial charge < -0.3 is 9.47 Å². The topological polar surface area (TPSA) is 79.7 Å². The van der Waals surface area contributed by atoms with Crippen molar-refractivity contribution in [3.05, 3.63) is 52.8 Å². The van der Waals surface area contributed by atoms with Gasteiger partial charge in [-0.15, -0.1) is 0 Å². The van der Waals surface area contributed by atoms with E-state index in [1.807, 2.05) is 20.9 Å². The minimum Gasteiger partial charge on any atom is -0.339 e. The number of hydrogen-bond donors (Lipinski definition) is 0. The molecule has 1 aromatic carbocycles. The van der Waals surface area contributed by atoms with Crippen molar-refractivity contribution >= 4 is 21.5 Å². The van der Waals surface area contributed by atoms with Gasteiger partial charge in [-0.2, -0.15) is 13.2 Å². The maximum absolute atomic E-state index is 13.3. The van der Waals surface area contributed by atoms with E-state index in [1.165, 1.54) is 16.7 Å². The van der Waals surface area contributed by atoms with Crippen LogP contribution >= 0.6 is 0 Å². The Kier molecular flexibility index (Phi) is 6.62. The molecule has 0 N–H and O–H groups in total. The standard InChI is InChI=1S/C25H30F3N3O4S/c1-16(2)18-6-5-17(15-20(18)36(4,34)35)23(33)30-11-9-24(10-12-30)21-8-7-19(22(32)25(26,27)28)31(21)14-13-29(24)3/h5-8,15-16H,9-14H2,1-4H3. The Bertz CT molecular complexity index is 1310. The van der Waals surface area contributed by atoms with Gasteiger partial charge in [-0.25, -0.2) is 8.42 Å². The average molecular weight is 526 g/mol. The lowest BCUT2D eigenvalue weighted by molar-refractivity contribution is -0.0892. The number of likely N-dealkylation sites (tertiary alicyclic amines) is 1. The second-order valence-electron chi connectivity index (χ2n) is 10.0. The second kappa shape index (κ2) is 9.02. The van der Waals surface area contributed by atoms with Crippen molar-refractivity contribution in [3.8, 4) is 0 Å². The number of Topliss-reactive ketones (excluding diaryl/α,β-unsaturated/α-hetero) is 1. The van der Waals surface area contributed by atoms with Crippen LogP contribution in [0.15, 0.2) is 35.2 Å². The van der Waals surface area contributed by atoms with Crippen molar-refractivity contribution in [1.82, 2.24) is 14.4 Å². The van der Waals surface area contributed by atoms with Gasteiger partial charge in [0.2, 0.25) is 0 Å². The summed E-state index contributed by atoms with van der Waals surface area (Å²) in [6.07, 6.45) is -2.87. The number of benzene rings is 1. The number of carbonyl (C=O) groups is 2. The molecule has 11 heteroatoms. The molecule has 7 nitrogen and oxygen atoms in total. The number of amides is 1. The Morgan fingerprint density at radius 1 is 1.00 bits per heavy atom. The second-order valence-corrected chi connectivity index (χ2v) is 12.0. The number of sulfone groups is 1. The van der Waals surface area contributed by atoms with Gasteiger partial charge >= 0.3 is 6.18 Å². The predicted octanol–water partition coefficient (Wildman–Crippen LogP) is 3.84. The van der Waals surface area contributed by atoms with Crippen LogP contribution in [-0.4, -0.2) is 73.6 Å². The van der Waals surface area contributed by atoms with Crippen LogP contribution in [0.2, 0.25) is 0 Å². The van der Waals surface area contributed by atoms with Gasteiger partial charge in [0.05, 0.1) is 16.1 Å². The number of hydrogen-bond acceptors (Lipinski definition) is 5. The van der Waals surface area contributed by atoms with Crippen molar-refractivity contribution in [2.45, 2.75) is 55.8 Å². The molecule has 3 heterocycles. The van der Waals surface area contributed by atoms with Gasteiger partial charge in [0.15, 0.2) is 9.84 Å². The van der Waals surface area contributed by atoms with Crippen LogP contribution in [0.25, 0.3) is 0 Å². The number of piperidine rings is 1. The lowest BCUT2D eigenvalue weighted by Gasteiger charge is -2.50. The summed E-state index contributed by atoms with van der Waals surface area (Å²) >= 11 is 0. The Balaban J connectivity index is 1.60. The van der Waals surface area contributed by atoms with Gasteiger partial charge in [0, 0.05) is 43.7 Å². The highest BCUT2D eigenvalue weighted by Crippen LogP contribution is 2.42. The number of carbonyl (C=O) groups excluding carboxylic acids is 2. The molecule has 1 spiro atoms. The molecule has 0 aliphatic carbocycles. The third-order valence-corrected chi connectivity index (χ3v) is 8.65. The van der Waals surface area contributed by atoms with Crippen molar-refractivity contribution < 1.29 is 31.2 Å². The number of alkyl halides is 3. The first kappa shape index (κ1) is 26.4. The molecule has 2 aromatic rings. The van der Waals surface area contributed by atoms with E-state index in [0.717, 1.165) is 6.26 Å². The molecule has 196 valence electrons. The Morgan fingerprint density at radius 3 is 2.19 bits per heavy atom. The molecule has 1 amide bonds. The molecule has 36 heavy (non-hydrogen) atoms. The third kappa shape index (κ3) is 4.47. The Labute approximate surface area is 208 Å². The summed E-state index contributed by atoms with van der Waals surface area (Å²) in [5, 5.41) is 0. The Morgan fingerprint density at radius 2 is 1.64 bits per heavy atom. The van der Waals surface area contributed by atoms with E-state index < -0.39 is 27.3 Å². The highest BCUT2D eigenvalue weighted by molar-refractivity contribution is 7.90. The fourth-order valence-corrected chi connectivity index (χ4v) is 6.56. The minimum atomic E-state index is -4.95. The van der Waals surface area contributed by atoms with E-state index in [1.54, 1.807) is 23.1 Å². The summed E-state index contributed by atoms with van der Waals surface area (Å²) in [6, 6.07) is 7.59. The fourth-order valence-electron chi connectivity index (χ4n) is 5.48. The monoisotopic (exact) mass is 525 g/mol. The van der Waals surface area contributed by atoms with Crippen molar-refractivity contribution in [1.29, 1.82) is 0 Å². The summed E-state index contributed by atoms with van der Waals surface area (Å²) in [5.74, 6) is -2.17. The van der Waals surface area contributed by atoms with Gasteiger partial charge in [0.1, 0.15) is 0 Å². The van der Waals surface area contributed by atoms with E-state index in [0.29, 0.717) is 43.7 Å². The molecule has 0 bridgehead atoms. The molecule has 2 aliphatic rings. The highest BCUT2D eigenvalue weighted by atomic mass is 32.2. The number of nitrogens with zero attached hydrogens (tertiary/aromatic N) is 3. The SMILES string of the molecule is CC(C)c1ccc(C(=O)N2CCC3(CC2)c2ccc(C(=O)C(F)(F)F)n2CCN3C)cc1S(C)(=O)=O. The number of ketones is 1. The predicted molar refractivity (Wildman–Crippen MR) is 128 cm³/mol. The van der Waals surface area contributed by atoms with Crippen molar-refractivity contribution in [3.63, 3.8) is 0 Å². The summed E-state index contributed by atoms with van der Waals surface area (Å²) in [5.41, 5.74) is 0.631. The molecule has 0 unspecified atom stereocenters. The molecule has 4 rings (SSSR count). The zero-order chi connectivity index (χ0) is 26.6. The van der Waals surface area contributed by atoms with Crippen LogP contribution in [0.4, 0.5) is 13.2 Å². The van der Waals surface area contributed by atoms with Crippen LogP contribution in [0.3, 0.4) is 0 Å². The van der Waals surface area contributed by atoms with Gasteiger partial charge in [-0.05, 0) is 55.6 Å². The van der Waals surface area contributed by atoms with Crippen LogP contribution in [-0.2, 0) is 21.9 Å². The molecular weight excluding hydrogens is 495 g/mol. The summed E-state index contributed by atoms with van der Waals surface area (Å²) in [4.78, 5) is 29.1. The van der Waals surface area contributed by atoms with Gasteiger partial charge in [-0.3, -0.25) is 14.5 Å². The summed E-state index contributed by atoms with van der Waals surface area (Å²) < 4.78 is 65.5. The average Bonchev–Trinajstić information content (AvgIpc) is 3.24. The smallest absolute Gasteiger partial charge is 0.339 e. The molecule has 0 saturated carbocycles. The summed E-state index contributed by atoms with van der Waals surface area (Å²) in [6.45, 7) is 5.21. The molecule has 1 aromatic heterocycles. The minimum absolute atomic E-state index is 0.0269. The fraction of sp³-hybridized carbons (Fsp3) is 0.520. The largest absolute Gasteiger partial charge is 0.456 e. The number of rotatable bonds is 4. The number of aromatic nitrogens is 1. The molecule has 1 saturated heterocycles. The molecule has 0 atom stereocenters. The normalized spacial score (nSPS) is 18.5. The summed E-state index contributed by atoms with van der Waals surface area (Å²) in [7, 11) is -1.63. The van der Waals surface area contributed by atoms with E-state index >= 15 is 0 Å². The van der Waals surface area contributed by atoms with Crippen molar-refractivity contribution in [2.75, 3.05) is 32.9 Å². The van der Waals surface area contributed by atoms with Crippen molar-refractivity contribution in [2.24, 2.45) is 0 Å². The van der Waals surface area contributed by atoms with Gasteiger partial charge in [0.25, 0.3) is 11.7 Å². The van der Waals surface area contributed by atoms with E-state index in [2.05, 4.69) is 4.90 Å². The molecular formula is C25H30F3N3O4S. The van der Waals surface area contributed by atoms with E-state index in [9.17, 15) is 31.2 Å². The quantitative estimate of drug-likeness (QED) is 0.567. The van der Waals surface area contributed by atoms with Crippen LogP contribution in [0, 0.1) is 0 Å². The highest BCUT2D eigenvalue weighted by Gasteiger charge is 2.48. The first-order chi connectivity index (χ1) is 16.7. The molecule has 2 aliphatic heterocycles. The van der Waals surface area contributed by atoms with E-state index in [4.69, 9.17) is 0 Å². The zero-order valence-corrected chi connectivity index (χ0v) is 21.5. The maximum Gasteiger partial charge on any atom is 0.456 e. The lowest BCUT2D eigenvalue weighted by atomic mass is 9.81. The first-order valence-electron chi connectivity index (χ1n) is 11.8. The number of fused-ring (bicyclic) bond motifs is 2. The Hall–Kier alpha value is -2.66. The third-order valence-electron chi connectivity index (χ3n) is 7.50. The first-order valence-corrected chi connectivity index (χ1v) is 13.7. The zero-order valence-electron chi connectivity index (χ0n) is 20.7. The maximum atomic E-state index is 13.3. The number of halogens is 3. The molecule has 0 radical (unpaired) electrons.